The van der Waals surface area contributed by atoms with Gasteiger partial charge in [-0.15, -0.1) is 11.8 Å². The molecule has 0 radical (unpaired) electrons. The van der Waals surface area contributed by atoms with E-state index in [0.29, 0.717) is 5.75 Å². The lowest BCUT2D eigenvalue weighted by Crippen LogP contribution is -2.48. The average molecular weight is 344 g/mol. The van der Waals surface area contributed by atoms with Crippen LogP contribution in [0.2, 0.25) is 0 Å². The van der Waals surface area contributed by atoms with Gasteiger partial charge in [-0.3, -0.25) is 4.79 Å². The fourth-order valence-electron chi connectivity index (χ4n) is 2.94. The molecule has 0 aliphatic carbocycles. The Morgan fingerprint density at radius 1 is 1.21 bits per heavy atom. The highest BCUT2D eigenvalue weighted by Gasteiger charge is 2.21. The van der Waals surface area contributed by atoms with Crippen molar-refractivity contribution in [3.8, 4) is 0 Å². The molecule has 1 unspecified atom stereocenters. The van der Waals surface area contributed by atoms with Gasteiger partial charge in [-0.1, -0.05) is 24.3 Å². The maximum Gasteiger partial charge on any atom is 0.230 e. The number of anilines is 1. The largest absolute Gasteiger partial charge is 0.369 e. The summed E-state index contributed by atoms with van der Waals surface area (Å²) in [6, 6.07) is 16.7. The maximum atomic E-state index is 13.4. The number of thioether (sulfide) groups is 1. The van der Waals surface area contributed by atoms with Gasteiger partial charge in [-0.2, -0.15) is 0 Å². The number of halogens is 1. The summed E-state index contributed by atoms with van der Waals surface area (Å²) in [6.45, 7) is 1.62. The van der Waals surface area contributed by atoms with Crippen LogP contribution < -0.4 is 10.2 Å². The van der Waals surface area contributed by atoms with Crippen molar-refractivity contribution in [3.63, 3.8) is 0 Å². The third-order valence-corrected chi connectivity index (χ3v) is 5.09. The summed E-state index contributed by atoms with van der Waals surface area (Å²) >= 11 is 1.54. The van der Waals surface area contributed by atoms with Gasteiger partial charge in [0.25, 0.3) is 0 Å². The zero-order valence-corrected chi connectivity index (χ0v) is 14.3. The van der Waals surface area contributed by atoms with Gasteiger partial charge in [0, 0.05) is 29.7 Å². The molecule has 2 aromatic carbocycles. The molecule has 5 heteroatoms. The van der Waals surface area contributed by atoms with E-state index >= 15 is 0 Å². The molecule has 24 heavy (non-hydrogen) atoms. The highest BCUT2D eigenvalue weighted by molar-refractivity contribution is 8.00. The normalized spacial score (nSPS) is 17.5. The molecule has 0 aromatic heterocycles. The van der Waals surface area contributed by atoms with Crippen LogP contribution >= 0.6 is 11.8 Å². The lowest BCUT2D eigenvalue weighted by Gasteiger charge is -2.34. The quantitative estimate of drug-likeness (QED) is 0.840. The fourth-order valence-corrected chi connectivity index (χ4v) is 3.67. The standard InChI is InChI=1S/C19H21FN2OS/c20-15-6-4-8-17(12-15)22-11-5-7-16(13-22)21-19(23)14-24-18-9-2-1-3-10-18/h1-4,6,8-10,12,16H,5,7,11,13-14H2,(H,21,23). The highest BCUT2D eigenvalue weighted by Crippen LogP contribution is 2.21. The van der Waals surface area contributed by atoms with Gasteiger partial charge in [-0.25, -0.2) is 4.39 Å². The van der Waals surface area contributed by atoms with E-state index in [9.17, 15) is 9.18 Å². The minimum atomic E-state index is -0.224. The number of nitrogens with one attached hydrogen (secondary N) is 1. The Balaban J connectivity index is 1.50. The van der Waals surface area contributed by atoms with Crippen molar-refractivity contribution in [2.75, 3.05) is 23.7 Å². The van der Waals surface area contributed by atoms with Crippen LogP contribution in [0.3, 0.4) is 0 Å². The van der Waals surface area contributed by atoms with Crippen LogP contribution in [-0.4, -0.2) is 30.8 Å². The number of carbonyl (C=O) groups excluding carboxylic acids is 1. The summed E-state index contributed by atoms with van der Waals surface area (Å²) in [6.07, 6.45) is 1.96. The summed E-state index contributed by atoms with van der Waals surface area (Å²) in [7, 11) is 0. The molecule has 1 atom stereocenters. The van der Waals surface area contributed by atoms with Crippen LogP contribution in [0.25, 0.3) is 0 Å². The Bertz CT molecular complexity index is 680. The number of hydrogen-bond donors (Lipinski definition) is 1. The Hall–Kier alpha value is -2.01. The first kappa shape index (κ1) is 16.8. The summed E-state index contributed by atoms with van der Waals surface area (Å²) in [5, 5.41) is 3.11. The fraction of sp³-hybridized carbons (Fsp3) is 0.316. The first-order chi connectivity index (χ1) is 11.7. The molecular weight excluding hydrogens is 323 g/mol. The molecule has 1 aliphatic heterocycles. The van der Waals surface area contributed by atoms with Crippen molar-refractivity contribution in [3.05, 3.63) is 60.4 Å². The monoisotopic (exact) mass is 344 g/mol. The Morgan fingerprint density at radius 3 is 2.83 bits per heavy atom. The predicted molar refractivity (Wildman–Crippen MR) is 96.9 cm³/mol. The summed E-state index contributed by atoms with van der Waals surface area (Å²) < 4.78 is 13.4. The average Bonchev–Trinajstić information content (AvgIpc) is 2.61. The van der Waals surface area contributed by atoms with Crippen molar-refractivity contribution >= 4 is 23.4 Å². The smallest absolute Gasteiger partial charge is 0.230 e. The summed E-state index contributed by atoms with van der Waals surface area (Å²) in [4.78, 5) is 15.4. The Morgan fingerprint density at radius 2 is 2.04 bits per heavy atom. The minimum absolute atomic E-state index is 0.0509. The molecule has 1 fully saturated rings. The van der Waals surface area contributed by atoms with E-state index in [1.165, 1.54) is 6.07 Å². The molecule has 2 aromatic rings. The lowest BCUT2D eigenvalue weighted by atomic mass is 10.0. The van der Waals surface area contributed by atoms with E-state index in [1.54, 1.807) is 23.9 Å². The van der Waals surface area contributed by atoms with Crippen LogP contribution in [0.4, 0.5) is 10.1 Å². The number of benzene rings is 2. The van der Waals surface area contributed by atoms with Crippen molar-refractivity contribution in [1.29, 1.82) is 0 Å². The zero-order chi connectivity index (χ0) is 16.8. The second-order valence-electron chi connectivity index (χ2n) is 5.93. The van der Waals surface area contributed by atoms with E-state index in [0.717, 1.165) is 36.5 Å². The number of carbonyl (C=O) groups is 1. The Labute approximate surface area is 146 Å². The topological polar surface area (TPSA) is 32.3 Å². The number of hydrogen-bond acceptors (Lipinski definition) is 3. The van der Waals surface area contributed by atoms with E-state index in [-0.39, 0.29) is 17.8 Å². The van der Waals surface area contributed by atoms with Gasteiger partial charge in [0.2, 0.25) is 5.91 Å². The maximum absolute atomic E-state index is 13.4. The van der Waals surface area contributed by atoms with Crippen molar-refractivity contribution in [2.24, 2.45) is 0 Å². The number of piperidine rings is 1. The molecule has 1 saturated heterocycles. The third kappa shape index (κ3) is 4.74. The third-order valence-electron chi connectivity index (χ3n) is 4.07. The second-order valence-corrected chi connectivity index (χ2v) is 6.98. The van der Waals surface area contributed by atoms with Crippen LogP contribution in [0.5, 0.6) is 0 Å². The number of amides is 1. The molecule has 126 valence electrons. The number of rotatable bonds is 5. The molecule has 0 bridgehead atoms. The van der Waals surface area contributed by atoms with Gasteiger partial charge in [0.1, 0.15) is 5.82 Å². The molecular formula is C19H21FN2OS. The van der Waals surface area contributed by atoms with Gasteiger partial charge in [0.15, 0.2) is 0 Å². The molecule has 3 rings (SSSR count). The van der Waals surface area contributed by atoms with Crippen molar-refractivity contribution in [2.45, 2.75) is 23.8 Å². The second kappa shape index (κ2) is 8.20. The van der Waals surface area contributed by atoms with Crippen LogP contribution in [-0.2, 0) is 4.79 Å². The molecule has 1 N–H and O–H groups in total. The summed E-state index contributed by atoms with van der Waals surface area (Å²) in [5.41, 5.74) is 0.882. The molecule has 3 nitrogen and oxygen atoms in total. The molecule has 0 spiro atoms. The molecule has 1 aliphatic rings. The van der Waals surface area contributed by atoms with Crippen LogP contribution in [0.1, 0.15) is 12.8 Å². The number of nitrogens with zero attached hydrogens (tertiary/aromatic N) is 1. The molecule has 0 saturated carbocycles. The molecule has 1 heterocycles. The van der Waals surface area contributed by atoms with Crippen molar-refractivity contribution < 1.29 is 9.18 Å². The Kier molecular flexibility index (Phi) is 5.75. The van der Waals surface area contributed by atoms with E-state index < -0.39 is 0 Å². The van der Waals surface area contributed by atoms with Gasteiger partial charge >= 0.3 is 0 Å². The zero-order valence-electron chi connectivity index (χ0n) is 13.5. The van der Waals surface area contributed by atoms with Crippen molar-refractivity contribution in [1.82, 2.24) is 5.32 Å². The first-order valence-corrected chi connectivity index (χ1v) is 9.17. The SMILES string of the molecule is O=C(CSc1ccccc1)NC1CCCN(c2cccc(F)c2)C1. The van der Waals surface area contributed by atoms with E-state index in [2.05, 4.69) is 10.2 Å². The minimum Gasteiger partial charge on any atom is -0.369 e. The van der Waals surface area contributed by atoms with Gasteiger partial charge in [-0.05, 0) is 43.2 Å². The van der Waals surface area contributed by atoms with Gasteiger partial charge < -0.3 is 10.2 Å². The first-order valence-electron chi connectivity index (χ1n) is 8.18. The van der Waals surface area contributed by atoms with E-state index in [1.807, 2.05) is 36.4 Å². The lowest BCUT2D eigenvalue weighted by molar-refractivity contribution is -0.119. The summed E-state index contributed by atoms with van der Waals surface area (Å²) in [5.74, 6) is 0.244. The van der Waals surface area contributed by atoms with E-state index in [4.69, 9.17) is 0 Å². The highest BCUT2D eigenvalue weighted by atomic mass is 32.2. The van der Waals surface area contributed by atoms with Crippen LogP contribution in [0.15, 0.2) is 59.5 Å². The molecule has 1 amide bonds. The predicted octanol–water partition coefficient (Wildman–Crippen LogP) is 3.70. The van der Waals surface area contributed by atoms with Gasteiger partial charge in [0.05, 0.1) is 5.75 Å². The van der Waals surface area contributed by atoms with Crippen LogP contribution in [0, 0.1) is 5.82 Å².